The predicted octanol–water partition coefficient (Wildman–Crippen LogP) is 3.72. The minimum absolute atomic E-state index is 0.185. The minimum atomic E-state index is -0.185. The second-order valence-electron chi connectivity index (χ2n) is 5.37. The van der Waals surface area contributed by atoms with Crippen molar-refractivity contribution in [3.05, 3.63) is 34.3 Å². The lowest BCUT2D eigenvalue weighted by Gasteiger charge is -2.33. The van der Waals surface area contributed by atoms with Gasteiger partial charge in [0.2, 0.25) is 0 Å². The Hall–Kier alpha value is -1.07. The second kappa shape index (κ2) is 7.80. The molecule has 0 bridgehead atoms. The van der Waals surface area contributed by atoms with E-state index >= 15 is 0 Å². The Morgan fingerprint density at radius 2 is 2.10 bits per heavy atom. The second-order valence-corrected chi connectivity index (χ2v) is 6.22. The van der Waals surface area contributed by atoms with E-state index in [9.17, 15) is 4.79 Å². The van der Waals surface area contributed by atoms with E-state index in [4.69, 9.17) is 4.74 Å². The SMILES string of the molecule is CCOC(=O)N1CCC(N[C@@H](C)c2ccccc2Br)CC1. The van der Waals surface area contributed by atoms with Crippen LogP contribution in [0.1, 0.15) is 38.3 Å². The van der Waals surface area contributed by atoms with Gasteiger partial charge < -0.3 is 15.0 Å². The standard InChI is InChI=1S/C16H23BrN2O2/c1-3-21-16(20)19-10-8-13(9-11-19)18-12(2)14-6-4-5-7-15(14)17/h4-7,12-13,18H,3,8-11H2,1-2H3/t12-/m0/s1. The summed E-state index contributed by atoms with van der Waals surface area (Å²) in [5.74, 6) is 0. The lowest BCUT2D eigenvalue weighted by molar-refractivity contribution is 0.0943. The average Bonchev–Trinajstić information content (AvgIpc) is 2.48. The molecule has 1 saturated heterocycles. The van der Waals surface area contributed by atoms with Crippen LogP contribution in [0.25, 0.3) is 0 Å². The maximum absolute atomic E-state index is 11.7. The zero-order valence-electron chi connectivity index (χ0n) is 12.6. The molecule has 5 heteroatoms. The van der Waals surface area contributed by atoms with Crippen molar-refractivity contribution < 1.29 is 9.53 Å². The van der Waals surface area contributed by atoms with Gasteiger partial charge in [0.15, 0.2) is 0 Å². The number of ether oxygens (including phenoxy) is 1. The maximum Gasteiger partial charge on any atom is 0.409 e. The molecule has 0 saturated carbocycles. The van der Waals surface area contributed by atoms with Crippen LogP contribution in [0.4, 0.5) is 4.79 Å². The summed E-state index contributed by atoms with van der Waals surface area (Å²) in [6.07, 6.45) is 1.75. The van der Waals surface area contributed by atoms with Crippen LogP contribution in [0.2, 0.25) is 0 Å². The van der Waals surface area contributed by atoms with Gasteiger partial charge in [-0.2, -0.15) is 0 Å². The van der Waals surface area contributed by atoms with Crippen molar-refractivity contribution in [2.75, 3.05) is 19.7 Å². The minimum Gasteiger partial charge on any atom is -0.450 e. The fourth-order valence-electron chi connectivity index (χ4n) is 2.71. The van der Waals surface area contributed by atoms with Crippen LogP contribution in [-0.2, 0) is 4.74 Å². The van der Waals surface area contributed by atoms with Gasteiger partial charge in [0.05, 0.1) is 6.61 Å². The van der Waals surface area contributed by atoms with E-state index in [-0.39, 0.29) is 6.09 Å². The predicted molar refractivity (Wildman–Crippen MR) is 87.3 cm³/mol. The molecule has 2 rings (SSSR count). The Morgan fingerprint density at radius 3 is 2.71 bits per heavy atom. The number of nitrogens with zero attached hydrogens (tertiary/aromatic N) is 1. The smallest absolute Gasteiger partial charge is 0.409 e. The molecule has 1 atom stereocenters. The van der Waals surface area contributed by atoms with E-state index in [1.54, 1.807) is 4.90 Å². The van der Waals surface area contributed by atoms with Crippen LogP contribution < -0.4 is 5.32 Å². The number of nitrogens with one attached hydrogen (secondary N) is 1. The highest BCUT2D eigenvalue weighted by Gasteiger charge is 2.24. The molecule has 0 spiro atoms. The molecule has 1 N–H and O–H groups in total. The van der Waals surface area contributed by atoms with Gasteiger partial charge in [-0.05, 0) is 38.3 Å². The fourth-order valence-corrected chi connectivity index (χ4v) is 3.34. The van der Waals surface area contributed by atoms with Gasteiger partial charge in [-0.3, -0.25) is 0 Å². The molecule has 1 fully saturated rings. The van der Waals surface area contributed by atoms with Crippen LogP contribution in [-0.4, -0.2) is 36.7 Å². The third kappa shape index (κ3) is 4.45. The normalized spacial score (nSPS) is 17.6. The average molecular weight is 355 g/mol. The number of piperidine rings is 1. The fraction of sp³-hybridized carbons (Fsp3) is 0.562. The third-order valence-electron chi connectivity index (χ3n) is 3.88. The number of rotatable bonds is 4. The molecule has 21 heavy (non-hydrogen) atoms. The summed E-state index contributed by atoms with van der Waals surface area (Å²) in [5, 5.41) is 3.66. The number of halogens is 1. The quantitative estimate of drug-likeness (QED) is 0.895. The zero-order valence-corrected chi connectivity index (χ0v) is 14.2. The Kier molecular flexibility index (Phi) is 6.06. The van der Waals surface area contributed by atoms with Crippen molar-refractivity contribution in [3.63, 3.8) is 0 Å². The Balaban J connectivity index is 1.83. The number of hydrogen-bond acceptors (Lipinski definition) is 3. The summed E-state index contributed by atoms with van der Waals surface area (Å²) < 4.78 is 6.18. The van der Waals surface area contributed by atoms with Gasteiger partial charge in [-0.25, -0.2) is 4.79 Å². The first-order valence-corrected chi connectivity index (χ1v) is 8.33. The van der Waals surface area contributed by atoms with Crippen molar-refractivity contribution in [2.24, 2.45) is 0 Å². The summed E-state index contributed by atoms with van der Waals surface area (Å²) in [4.78, 5) is 13.5. The molecular weight excluding hydrogens is 332 g/mol. The van der Waals surface area contributed by atoms with E-state index in [0.717, 1.165) is 30.4 Å². The zero-order chi connectivity index (χ0) is 15.2. The van der Waals surface area contributed by atoms with E-state index < -0.39 is 0 Å². The van der Waals surface area contributed by atoms with Crippen LogP contribution in [0.15, 0.2) is 28.7 Å². The first-order chi connectivity index (χ1) is 10.1. The van der Waals surface area contributed by atoms with Gasteiger partial charge in [-0.15, -0.1) is 0 Å². The lowest BCUT2D eigenvalue weighted by Crippen LogP contribution is -2.45. The van der Waals surface area contributed by atoms with Gasteiger partial charge in [0.1, 0.15) is 0 Å². The van der Waals surface area contributed by atoms with E-state index in [1.165, 1.54) is 5.56 Å². The molecule has 0 unspecified atom stereocenters. The number of benzene rings is 1. The molecule has 116 valence electrons. The number of amides is 1. The molecule has 4 nitrogen and oxygen atoms in total. The van der Waals surface area contributed by atoms with Crippen LogP contribution in [0.5, 0.6) is 0 Å². The molecule has 1 aromatic rings. The Morgan fingerprint density at radius 1 is 1.43 bits per heavy atom. The Labute approximate surface area is 135 Å². The number of carbonyl (C=O) groups excluding carboxylic acids is 1. The van der Waals surface area contributed by atoms with E-state index in [0.29, 0.717) is 18.7 Å². The molecule has 0 radical (unpaired) electrons. The number of likely N-dealkylation sites (tertiary alicyclic amines) is 1. The third-order valence-corrected chi connectivity index (χ3v) is 4.60. The summed E-state index contributed by atoms with van der Waals surface area (Å²) in [7, 11) is 0. The highest BCUT2D eigenvalue weighted by molar-refractivity contribution is 9.10. The van der Waals surface area contributed by atoms with E-state index in [2.05, 4.69) is 46.4 Å². The van der Waals surface area contributed by atoms with Gasteiger partial charge >= 0.3 is 6.09 Å². The van der Waals surface area contributed by atoms with Crippen LogP contribution >= 0.6 is 15.9 Å². The van der Waals surface area contributed by atoms with Crippen molar-refractivity contribution in [2.45, 2.75) is 38.8 Å². The van der Waals surface area contributed by atoms with Crippen LogP contribution in [0.3, 0.4) is 0 Å². The summed E-state index contributed by atoms with van der Waals surface area (Å²) in [6, 6.07) is 9.02. The Bertz CT molecular complexity index is 473. The summed E-state index contributed by atoms with van der Waals surface area (Å²) >= 11 is 3.60. The topological polar surface area (TPSA) is 41.6 Å². The number of hydrogen-bond donors (Lipinski definition) is 1. The molecular formula is C16H23BrN2O2. The molecule has 1 heterocycles. The van der Waals surface area contributed by atoms with Crippen molar-refractivity contribution in [1.29, 1.82) is 0 Å². The number of carbonyl (C=O) groups is 1. The van der Waals surface area contributed by atoms with Crippen LogP contribution in [0, 0.1) is 0 Å². The molecule has 1 aliphatic rings. The molecule has 1 aromatic carbocycles. The first-order valence-electron chi connectivity index (χ1n) is 7.54. The van der Waals surface area contributed by atoms with Crippen molar-refractivity contribution in [3.8, 4) is 0 Å². The lowest BCUT2D eigenvalue weighted by atomic mass is 10.0. The molecule has 1 aliphatic heterocycles. The van der Waals surface area contributed by atoms with Gasteiger partial charge in [-0.1, -0.05) is 34.1 Å². The molecule has 0 aromatic heterocycles. The van der Waals surface area contributed by atoms with Gasteiger partial charge in [0, 0.05) is 29.6 Å². The van der Waals surface area contributed by atoms with Gasteiger partial charge in [0.25, 0.3) is 0 Å². The highest BCUT2D eigenvalue weighted by Crippen LogP contribution is 2.24. The first kappa shape index (κ1) is 16.3. The van der Waals surface area contributed by atoms with Crippen molar-refractivity contribution >= 4 is 22.0 Å². The van der Waals surface area contributed by atoms with Crippen molar-refractivity contribution in [1.82, 2.24) is 10.2 Å². The highest BCUT2D eigenvalue weighted by atomic mass is 79.9. The summed E-state index contributed by atoms with van der Waals surface area (Å²) in [5.41, 5.74) is 1.27. The largest absolute Gasteiger partial charge is 0.450 e. The van der Waals surface area contributed by atoms with E-state index in [1.807, 2.05) is 13.0 Å². The summed E-state index contributed by atoms with van der Waals surface area (Å²) in [6.45, 7) is 5.98. The molecule has 0 aliphatic carbocycles. The monoisotopic (exact) mass is 354 g/mol. The maximum atomic E-state index is 11.7. The molecule has 1 amide bonds.